The van der Waals surface area contributed by atoms with Crippen LogP contribution in [0.25, 0.3) is 32.8 Å². The number of terminal acetylenes is 1. The molecule has 4 saturated heterocycles. The highest BCUT2D eigenvalue weighted by molar-refractivity contribution is 6.04. The normalized spacial score (nSPS) is 26.4. The third-order valence-electron chi connectivity index (χ3n) is 10.1. The zero-order valence-electron chi connectivity index (χ0n) is 24.1. The van der Waals surface area contributed by atoms with E-state index >= 15 is 4.39 Å². The van der Waals surface area contributed by atoms with Crippen LogP contribution in [0.2, 0.25) is 0 Å². The van der Waals surface area contributed by atoms with E-state index in [1.54, 1.807) is 12.1 Å². The second kappa shape index (κ2) is 10.2. The summed E-state index contributed by atoms with van der Waals surface area (Å²) in [6, 6.07) is 9.34. The van der Waals surface area contributed by atoms with Gasteiger partial charge in [-0.15, -0.1) is 6.42 Å². The maximum Gasteiger partial charge on any atom is 0.319 e. The van der Waals surface area contributed by atoms with E-state index in [1.165, 1.54) is 24.3 Å². The third-order valence-corrected chi connectivity index (χ3v) is 10.1. The van der Waals surface area contributed by atoms with Crippen LogP contribution in [-0.4, -0.2) is 77.1 Å². The minimum Gasteiger partial charge on any atom is -0.508 e. The predicted molar refractivity (Wildman–Crippen MR) is 163 cm³/mol. The fourth-order valence-corrected chi connectivity index (χ4v) is 8.09. The smallest absolute Gasteiger partial charge is 0.319 e. The Balaban J connectivity index is 1.27. The average molecular weight is 600 g/mol. The number of rotatable bonds is 5. The van der Waals surface area contributed by atoms with Gasteiger partial charge in [-0.25, -0.2) is 13.2 Å². The highest BCUT2D eigenvalue weighted by Gasteiger charge is 2.49. The van der Waals surface area contributed by atoms with Crippen LogP contribution < -0.4 is 15.0 Å². The van der Waals surface area contributed by atoms with Crippen molar-refractivity contribution in [2.75, 3.05) is 44.2 Å². The SMILES string of the molecule is C#Cc1c(F)ccc2cc(O)cc(-c3ccc4c(N5C[C@H]6CCN[C@H]6C5)nc(OC[C@@]56CCCN5C[C@H](F)C6)nc4c3F)c12. The first-order valence-corrected chi connectivity index (χ1v) is 15.3. The molecule has 4 aliphatic heterocycles. The van der Waals surface area contributed by atoms with Gasteiger partial charge in [0.2, 0.25) is 0 Å². The summed E-state index contributed by atoms with van der Waals surface area (Å²) in [7, 11) is 0. The summed E-state index contributed by atoms with van der Waals surface area (Å²) in [5.41, 5.74) is 0.00706. The number of hydrogen-bond donors (Lipinski definition) is 2. The molecule has 0 amide bonds. The lowest BCUT2D eigenvalue weighted by Crippen LogP contribution is -2.43. The number of phenolic OH excluding ortho intramolecular Hbond substituents is 1. The Morgan fingerprint density at radius 3 is 2.84 bits per heavy atom. The summed E-state index contributed by atoms with van der Waals surface area (Å²) in [4.78, 5) is 13.7. The maximum atomic E-state index is 16.8. The predicted octanol–water partition coefficient (Wildman–Crippen LogP) is 5.17. The van der Waals surface area contributed by atoms with Gasteiger partial charge in [-0.3, -0.25) is 4.90 Å². The van der Waals surface area contributed by atoms with Crippen LogP contribution in [0, 0.1) is 29.9 Å². The van der Waals surface area contributed by atoms with Crippen LogP contribution in [0.1, 0.15) is 31.2 Å². The number of phenols is 1. The van der Waals surface area contributed by atoms with Gasteiger partial charge in [-0.2, -0.15) is 9.97 Å². The molecule has 7 nitrogen and oxygen atoms in total. The van der Waals surface area contributed by atoms with Crippen molar-refractivity contribution in [2.45, 2.75) is 43.4 Å². The highest BCUT2D eigenvalue weighted by atomic mass is 19.1. The number of ether oxygens (including phenoxy) is 1. The van der Waals surface area contributed by atoms with Gasteiger partial charge in [0.1, 0.15) is 35.7 Å². The van der Waals surface area contributed by atoms with Crippen LogP contribution in [0.4, 0.5) is 19.0 Å². The van der Waals surface area contributed by atoms with Crippen molar-refractivity contribution in [3.8, 4) is 35.2 Å². The second-order valence-electron chi connectivity index (χ2n) is 12.7. The Hall–Kier alpha value is -4.07. The molecule has 44 heavy (non-hydrogen) atoms. The number of halogens is 3. The lowest BCUT2D eigenvalue weighted by Gasteiger charge is -2.31. The molecule has 0 saturated carbocycles. The zero-order valence-corrected chi connectivity index (χ0v) is 24.1. The summed E-state index contributed by atoms with van der Waals surface area (Å²) in [5.74, 6) is 2.08. The fraction of sp³-hybridized carbons (Fsp3) is 0.412. The van der Waals surface area contributed by atoms with Crippen molar-refractivity contribution in [2.24, 2.45) is 5.92 Å². The standard InChI is InChI=1S/C34H32F3N5O2/c1-2-23-27(36)7-4-19-12-22(43)13-26(29(19)23)24-5-6-25-31(30(24)37)39-33(40-32(25)41-15-20-8-10-38-28(20)17-41)44-18-34-9-3-11-42(34)16-21(35)14-34/h1,4-7,12-13,20-21,28,38,43H,3,8-11,14-18H2/t20-,21-,28+,34+/m1/s1. The number of anilines is 1. The van der Waals surface area contributed by atoms with Crippen LogP contribution in [0.15, 0.2) is 36.4 Å². The Morgan fingerprint density at radius 1 is 1.11 bits per heavy atom. The van der Waals surface area contributed by atoms with Crippen molar-refractivity contribution in [1.82, 2.24) is 20.2 Å². The number of nitrogens with zero attached hydrogens (tertiary/aromatic N) is 4. The lowest BCUT2D eigenvalue weighted by molar-refractivity contribution is 0.107. The minimum absolute atomic E-state index is 0.0105. The van der Waals surface area contributed by atoms with Gasteiger partial charge in [-0.05, 0) is 73.5 Å². The maximum absolute atomic E-state index is 16.8. The summed E-state index contributed by atoms with van der Waals surface area (Å²) in [6.07, 6.45) is 8.04. The van der Waals surface area contributed by atoms with Crippen LogP contribution in [0.3, 0.4) is 0 Å². The van der Waals surface area contributed by atoms with E-state index in [0.29, 0.717) is 46.9 Å². The molecule has 5 heterocycles. The molecule has 10 heteroatoms. The van der Waals surface area contributed by atoms with Gasteiger partial charge in [0.25, 0.3) is 0 Å². The number of aromatic hydroxyl groups is 1. The fourth-order valence-electron chi connectivity index (χ4n) is 8.09. The highest BCUT2D eigenvalue weighted by Crippen LogP contribution is 2.43. The van der Waals surface area contributed by atoms with E-state index < -0.39 is 23.3 Å². The molecule has 0 unspecified atom stereocenters. The minimum atomic E-state index is -0.904. The molecule has 226 valence electrons. The Morgan fingerprint density at radius 2 is 2.00 bits per heavy atom. The molecule has 4 fully saturated rings. The van der Waals surface area contributed by atoms with Gasteiger partial charge < -0.3 is 20.1 Å². The Kier molecular flexibility index (Phi) is 6.40. The molecule has 0 radical (unpaired) electrons. The van der Waals surface area contributed by atoms with E-state index in [0.717, 1.165) is 45.4 Å². The van der Waals surface area contributed by atoms with Gasteiger partial charge in [0.15, 0.2) is 5.82 Å². The molecule has 4 aliphatic rings. The average Bonchev–Trinajstić information content (AvgIpc) is 3.77. The van der Waals surface area contributed by atoms with Crippen LogP contribution >= 0.6 is 0 Å². The number of nitrogens with one attached hydrogen (secondary N) is 1. The number of aromatic nitrogens is 2. The molecule has 8 rings (SSSR count). The third kappa shape index (κ3) is 4.28. The summed E-state index contributed by atoms with van der Waals surface area (Å²) < 4.78 is 52.2. The molecule has 4 atom stereocenters. The van der Waals surface area contributed by atoms with Crippen molar-refractivity contribution >= 4 is 27.5 Å². The summed E-state index contributed by atoms with van der Waals surface area (Å²) in [5, 5.41) is 15.4. The lowest BCUT2D eigenvalue weighted by atomic mass is 9.93. The zero-order chi connectivity index (χ0) is 30.2. The van der Waals surface area contributed by atoms with Gasteiger partial charge in [0, 0.05) is 48.4 Å². The molecule has 4 aromatic rings. The monoisotopic (exact) mass is 599 g/mol. The van der Waals surface area contributed by atoms with E-state index in [4.69, 9.17) is 16.1 Å². The number of fused-ring (bicyclic) bond motifs is 4. The van der Waals surface area contributed by atoms with Crippen molar-refractivity contribution in [3.05, 3.63) is 53.6 Å². The summed E-state index contributed by atoms with van der Waals surface area (Å²) >= 11 is 0. The number of alkyl halides is 1. The molecular formula is C34H32F3N5O2. The first-order valence-electron chi connectivity index (χ1n) is 15.3. The van der Waals surface area contributed by atoms with Crippen molar-refractivity contribution < 1.29 is 23.0 Å². The summed E-state index contributed by atoms with van der Waals surface area (Å²) in [6.45, 7) is 3.92. The van der Waals surface area contributed by atoms with Crippen molar-refractivity contribution in [3.63, 3.8) is 0 Å². The second-order valence-corrected chi connectivity index (χ2v) is 12.7. The van der Waals surface area contributed by atoms with Crippen molar-refractivity contribution in [1.29, 1.82) is 0 Å². The number of benzene rings is 3. The van der Waals surface area contributed by atoms with Crippen LogP contribution in [0.5, 0.6) is 11.8 Å². The molecular weight excluding hydrogens is 567 g/mol. The van der Waals surface area contributed by atoms with E-state index in [-0.39, 0.29) is 40.6 Å². The largest absolute Gasteiger partial charge is 0.508 e. The molecule has 0 bridgehead atoms. The van der Waals surface area contributed by atoms with E-state index in [9.17, 15) is 13.9 Å². The van der Waals surface area contributed by atoms with Gasteiger partial charge in [0.05, 0.1) is 11.1 Å². The topological polar surface area (TPSA) is 73.8 Å². The Bertz CT molecular complexity index is 1850. The quantitative estimate of drug-likeness (QED) is 0.307. The van der Waals surface area contributed by atoms with Gasteiger partial charge in [-0.1, -0.05) is 18.1 Å². The first-order chi connectivity index (χ1) is 21.3. The Labute approximate surface area is 253 Å². The van der Waals surface area contributed by atoms with Gasteiger partial charge >= 0.3 is 6.01 Å². The molecule has 3 aromatic carbocycles. The number of hydrogen-bond acceptors (Lipinski definition) is 7. The first kappa shape index (κ1) is 27.5. The van der Waals surface area contributed by atoms with E-state index in [2.05, 4.69) is 26.0 Å². The molecule has 1 aromatic heterocycles. The molecule has 2 N–H and O–H groups in total. The molecule has 0 spiro atoms. The van der Waals surface area contributed by atoms with Crippen LogP contribution in [-0.2, 0) is 0 Å². The molecule has 0 aliphatic carbocycles. The van der Waals surface area contributed by atoms with E-state index in [1.807, 2.05) is 0 Å².